The zero-order valence-corrected chi connectivity index (χ0v) is 13.9. The molecule has 0 aliphatic carbocycles. The van der Waals surface area contributed by atoms with Crippen molar-refractivity contribution in [2.75, 3.05) is 0 Å². The van der Waals surface area contributed by atoms with Crippen molar-refractivity contribution in [1.82, 2.24) is 26.0 Å². The van der Waals surface area contributed by atoms with Gasteiger partial charge >= 0.3 is 0 Å². The minimum Gasteiger partial charge on any atom is -0.272 e. The number of halogens is 1. The van der Waals surface area contributed by atoms with Gasteiger partial charge in [-0.3, -0.25) is 30.5 Å². The van der Waals surface area contributed by atoms with Gasteiger partial charge in [-0.05, 0) is 30.3 Å². The van der Waals surface area contributed by atoms with Crippen molar-refractivity contribution in [2.45, 2.75) is 0 Å². The highest BCUT2D eigenvalue weighted by Crippen LogP contribution is 2.20. The van der Waals surface area contributed by atoms with E-state index in [0.717, 1.165) is 10.0 Å². The smallest absolute Gasteiger partial charge is 0.272 e. The van der Waals surface area contributed by atoms with Crippen molar-refractivity contribution in [3.63, 3.8) is 0 Å². The van der Waals surface area contributed by atoms with E-state index in [9.17, 15) is 9.59 Å². The fraction of sp³-hybridized carbons (Fsp3) is 0. The highest BCUT2D eigenvalue weighted by Gasteiger charge is 2.13. The molecule has 2 aromatic heterocycles. The van der Waals surface area contributed by atoms with E-state index < -0.39 is 11.8 Å². The van der Waals surface area contributed by atoms with E-state index in [1.165, 1.54) is 6.20 Å². The number of carbonyl (C=O) groups excluding carboxylic acids is 2. The molecule has 0 radical (unpaired) electrons. The Labute approximate surface area is 145 Å². The molecule has 0 saturated heterocycles. The molecule has 2 heterocycles. The second-order valence-corrected chi connectivity index (χ2v) is 5.71. The molecule has 0 atom stereocenters. The van der Waals surface area contributed by atoms with Crippen molar-refractivity contribution in [3.8, 4) is 11.3 Å². The largest absolute Gasteiger partial charge is 0.288 e. The van der Waals surface area contributed by atoms with Crippen LogP contribution in [0.3, 0.4) is 0 Å². The van der Waals surface area contributed by atoms with Gasteiger partial charge in [0.1, 0.15) is 11.4 Å². The number of pyridine rings is 1. The van der Waals surface area contributed by atoms with Gasteiger partial charge in [-0.25, -0.2) is 0 Å². The van der Waals surface area contributed by atoms with Gasteiger partial charge in [0.15, 0.2) is 0 Å². The SMILES string of the molecule is O=C(NNC(=O)c1cc(-c2ccc(Br)cc2)n[nH]1)c1ccccn1. The van der Waals surface area contributed by atoms with Crippen LogP contribution < -0.4 is 10.9 Å². The number of aromatic amines is 1. The van der Waals surface area contributed by atoms with Gasteiger partial charge in [0, 0.05) is 16.2 Å². The molecule has 0 spiro atoms. The van der Waals surface area contributed by atoms with E-state index in [1.807, 2.05) is 24.3 Å². The third-order valence-electron chi connectivity index (χ3n) is 3.15. The average molecular weight is 386 g/mol. The van der Waals surface area contributed by atoms with E-state index >= 15 is 0 Å². The number of aromatic nitrogens is 3. The molecule has 120 valence electrons. The van der Waals surface area contributed by atoms with Crippen LogP contribution in [-0.4, -0.2) is 27.0 Å². The first-order chi connectivity index (χ1) is 11.6. The van der Waals surface area contributed by atoms with Crippen LogP contribution in [0.1, 0.15) is 21.0 Å². The summed E-state index contributed by atoms with van der Waals surface area (Å²) in [5, 5.41) is 6.74. The highest BCUT2D eigenvalue weighted by atomic mass is 79.9. The van der Waals surface area contributed by atoms with Crippen LogP contribution in [0.25, 0.3) is 11.3 Å². The standard InChI is InChI=1S/C16H12BrN5O2/c17-11-6-4-10(5-7-11)13-9-14(20-19-13)16(24)22-21-15(23)12-3-1-2-8-18-12/h1-9H,(H,19,20)(H,21,23)(H,22,24). The third-order valence-corrected chi connectivity index (χ3v) is 3.68. The maximum absolute atomic E-state index is 12.1. The zero-order valence-electron chi connectivity index (χ0n) is 12.3. The molecular formula is C16H12BrN5O2. The van der Waals surface area contributed by atoms with Gasteiger partial charge in [-0.1, -0.05) is 34.1 Å². The number of benzene rings is 1. The normalized spacial score (nSPS) is 10.2. The number of hydrogen-bond acceptors (Lipinski definition) is 4. The van der Waals surface area contributed by atoms with Crippen LogP contribution in [0.4, 0.5) is 0 Å². The van der Waals surface area contributed by atoms with Gasteiger partial charge in [0.2, 0.25) is 0 Å². The number of carbonyl (C=O) groups is 2. The molecule has 0 saturated carbocycles. The van der Waals surface area contributed by atoms with Crippen molar-refractivity contribution >= 4 is 27.7 Å². The lowest BCUT2D eigenvalue weighted by molar-refractivity contribution is 0.0841. The van der Waals surface area contributed by atoms with Crippen LogP contribution in [0, 0.1) is 0 Å². The number of hydrazine groups is 1. The van der Waals surface area contributed by atoms with Gasteiger partial charge in [0.25, 0.3) is 11.8 Å². The van der Waals surface area contributed by atoms with Crippen LogP contribution in [-0.2, 0) is 0 Å². The fourth-order valence-corrected chi connectivity index (χ4v) is 2.21. The summed E-state index contributed by atoms with van der Waals surface area (Å²) in [4.78, 5) is 27.8. The predicted molar refractivity (Wildman–Crippen MR) is 90.9 cm³/mol. The first kappa shape index (κ1) is 15.9. The Kier molecular flexibility index (Phi) is 4.66. The number of nitrogens with zero attached hydrogens (tertiary/aromatic N) is 2. The first-order valence-corrected chi connectivity index (χ1v) is 7.76. The van der Waals surface area contributed by atoms with E-state index in [1.54, 1.807) is 24.3 Å². The van der Waals surface area contributed by atoms with Crippen LogP contribution in [0.5, 0.6) is 0 Å². The maximum atomic E-state index is 12.1. The number of H-pyrrole nitrogens is 1. The summed E-state index contributed by atoms with van der Waals surface area (Å²) in [5.74, 6) is -1.01. The monoisotopic (exact) mass is 385 g/mol. The predicted octanol–water partition coefficient (Wildman–Crippen LogP) is 2.31. The summed E-state index contributed by atoms with van der Waals surface area (Å²) in [6.07, 6.45) is 1.50. The van der Waals surface area contributed by atoms with Crippen molar-refractivity contribution in [2.24, 2.45) is 0 Å². The maximum Gasteiger partial charge on any atom is 0.288 e. The molecule has 7 nitrogen and oxygen atoms in total. The van der Waals surface area contributed by atoms with Crippen LogP contribution in [0.15, 0.2) is 59.2 Å². The van der Waals surface area contributed by atoms with Gasteiger partial charge < -0.3 is 0 Å². The van der Waals surface area contributed by atoms with Gasteiger partial charge in [-0.15, -0.1) is 0 Å². The fourth-order valence-electron chi connectivity index (χ4n) is 1.95. The molecule has 8 heteroatoms. The Morgan fingerprint density at radius 2 is 1.75 bits per heavy atom. The number of amides is 2. The number of nitrogens with one attached hydrogen (secondary N) is 3. The molecule has 1 aromatic carbocycles. The summed E-state index contributed by atoms with van der Waals surface area (Å²) in [7, 11) is 0. The molecule has 0 fully saturated rings. The van der Waals surface area contributed by atoms with E-state index in [0.29, 0.717) is 5.69 Å². The van der Waals surface area contributed by atoms with Crippen molar-refractivity contribution in [1.29, 1.82) is 0 Å². The lowest BCUT2D eigenvalue weighted by Gasteiger charge is -2.05. The lowest BCUT2D eigenvalue weighted by Crippen LogP contribution is -2.42. The minimum atomic E-state index is -0.504. The van der Waals surface area contributed by atoms with Crippen molar-refractivity contribution < 1.29 is 9.59 Å². The Morgan fingerprint density at radius 1 is 1.00 bits per heavy atom. The average Bonchev–Trinajstić information content (AvgIpc) is 3.11. The summed E-state index contributed by atoms with van der Waals surface area (Å²) in [5.41, 5.74) is 6.54. The molecule has 2 amide bonds. The summed E-state index contributed by atoms with van der Waals surface area (Å²) >= 11 is 3.36. The lowest BCUT2D eigenvalue weighted by atomic mass is 10.1. The molecule has 0 aliphatic rings. The topological polar surface area (TPSA) is 99.8 Å². The van der Waals surface area contributed by atoms with Crippen molar-refractivity contribution in [3.05, 3.63) is 70.6 Å². The second-order valence-electron chi connectivity index (χ2n) is 4.80. The minimum absolute atomic E-state index is 0.206. The Morgan fingerprint density at radius 3 is 2.46 bits per heavy atom. The summed E-state index contributed by atoms with van der Waals surface area (Å²) in [6, 6.07) is 14.1. The number of hydrogen-bond donors (Lipinski definition) is 3. The van der Waals surface area contributed by atoms with E-state index in [4.69, 9.17) is 0 Å². The molecule has 0 bridgehead atoms. The van der Waals surface area contributed by atoms with Crippen LogP contribution >= 0.6 is 15.9 Å². The Hall–Kier alpha value is -3.00. The summed E-state index contributed by atoms with van der Waals surface area (Å²) < 4.78 is 0.956. The molecule has 0 unspecified atom stereocenters. The number of rotatable bonds is 3. The molecule has 3 N–H and O–H groups in total. The van der Waals surface area contributed by atoms with E-state index in [2.05, 4.69) is 42.0 Å². The molecular weight excluding hydrogens is 374 g/mol. The first-order valence-electron chi connectivity index (χ1n) is 6.96. The summed E-state index contributed by atoms with van der Waals surface area (Å²) in [6.45, 7) is 0. The third kappa shape index (κ3) is 3.66. The van der Waals surface area contributed by atoms with Gasteiger partial charge in [0.05, 0.1) is 5.69 Å². The molecule has 24 heavy (non-hydrogen) atoms. The second kappa shape index (κ2) is 7.05. The highest BCUT2D eigenvalue weighted by molar-refractivity contribution is 9.10. The zero-order chi connectivity index (χ0) is 16.9. The molecule has 0 aliphatic heterocycles. The molecule has 3 aromatic rings. The quantitative estimate of drug-likeness (QED) is 0.602. The van der Waals surface area contributed by atoms with Crippen LogP contribution in [0.2, 0.25) is 0 Å². The van der Waals surface area contributed by atoms with Gasteiger partial charge in [-0.2, -0.15) is 5.10 Å². The Bertz CT molecular complexity index is 862. The molecule has 3 rings (SSSR count). The Balaban J connectivity index is 1.64. The van der Waals surface area contributed by atoms with E-state index in [-0.39, 0.29) is 11.4 Å².